The average Bonchev–Trinajstić information content (AvgIpc) is 2.84. The molecule has 1 N–H and O–H groups in total. The SMILES string of the molecule is Cc1noc(C)c1CC(=O)NCC#CCOc1ccccc1F. The van der Waals surface area contributed by atoms with E-state index < -0.39 is 5.82 Å². The highest BCUT2D eigenvalue weighted by atomic mass is 19.1. The standard InChI is InChI=1S/C17H17FN2O3/c1-12-14(13(2)23-20-12)11-17(21)19-9-5-6-10-22-16-8-4-3-7-15(16)18/h3-4,7-8H,9-11H2,1-2H3,(H,19,21). The summed E-state index contributed by atoms with van der Waals surface area (Å²) in [6.45, 7) is 3.81. The van der Waals surface area contributed by atoms with Crippen LogP contribution in [0.1, 0.15) is 17.0 Å². The van der Waals surface area contributed by atoms with Gasteiger partial charge in [0.2, 0.25) is 5.91 Å². The van der Waals surface area contributed by atoms with Gasteiger partial charge < -0.3 is 14.6 Å². The summed E-state index contributed by atoms with van der Waals surface area (Å²) in [5.41, 5.74) is 1.50. The highest BCUT2D eigenvalue weighted by Gasteiger charge is 2.12. The molecule has 0 radical (unpaired) electrons. The molecule has 0 bridgehead atoms. The summed E-state index contributed by atoms with van der Waals surface area (Å²) in [5.74, 6) is 5.67. The molecule has 0 aliphatic rings. The second-order valence-electron chi connectivity index (χ2n) is 4.83. The number of aromatic nitrogens is 1. The van der Waals surface area contributed by atoms with Crippen molar-refractivity contribution in [3.8, 4) is 17.6 Å². The molecule has 6 heteroatoms. The Kier molecular flexibility index (Phi) is 5.75. The molecule has 0 fully saturated rings. The van der Waals surface area contributed by atoms with Gasteiger partial charge in [0.05, 0.1) is 18.7 Å². The van der Waals surface area contributed by atoms with Crippen molar-refractivity contribution in [1.29, 1.82) is 0 Å². The summed E-state index contributed by atoms with van der Waals surface area (Å²) >= 11 is 0. The monoisotopic (exact) mass is 316 g/mol. The van der Waals surface area contributed by atoms with Crippen molar-refractivity contribution in [3.63, 3.8) is 0 Å². The maximum atomic E-state index is 13.3. The van der Waals surface area contributed by atoms with Crippen LogP contribution in [0.2, 0.25) is 0 Å². The van der Waals surface area contributed by atoms with E-state index in [1.807, 2.05) is 0 Å². The molecule has 1 aromatic heterocycles. The molecule has 23 heavy (non-hydrogen) atoms. The molecule has 0 aliphatic carbocycles. The molecule has 2 aromatic rings. The highest BCUT2D eigenvalue weighted by molar-refractivity contribution is 5.79. The van der Waals surface area contributed by atoms with Crippen LogP contribution in [0.15, 0.2) is 28.8 Å². The van der Waals surface area contributed by atoms with Crippen LogP contribution >= 0.6 is 0 Å². The van der Waals surface area contributed by atoms with Gasteiger partial charge in [-0.25, -0.2) is 4.39 Å². The van der Waals surface area contributed by atoms with E-state index in [0.29, 0.717) is 11.5 Å². The van der Waals surface area contributed by atoms with Crippen LogP contribution in [0.25, 0.3) is 0 Å². The Morgan fingerprint density at radius 1 is 1.35 bits per heavy atom. The number of rotatable bonds is 5. The predicted octanol–water partition coefficient (Wildman–Crippen LogP) is 2.17. The highest BCUT2D eigenvalue weighted by Crippen LogP contribution is 2.14. The third-order valence-electron chi connectivity index (χ3n) is 3.15. The molecule has 0 aliphatic heterocycles. The largest absolute Gasteiger partial charge is 0.478 e. The number of ether oxygens (including phenoxy) is 1. The van der Waals surface area contributed by atoms with Crippen molar-refractivity contribution >= 4 is 5.91 Å². The molecule has 0 saturated heterocycles. The van der Waals surface area contributed by atoms with E-state index in [4.69, 9.17) is 9.26 Å². The summed E-state index contributed by atoms with van der Waals surface area (Å²) in [5, 5.41) is 6.47. The van der Waals surface area contributed by atoms with Crippen LogP contribution in [-0.2, 0) is 11.2 Å². The first kappa shape index (κ1) is 16.6. The van der Waals surface area contributed by atoms with Gasteiger partial charge in [-0.2, -0.15) is 0 Å². The van der Waals surface area contributed by atoms with E-state index in [0.717, 1.165) is 5.56 Å². The van der Waals surface area contributed by atoms with Gasteiger partial charge in [0, 0.05) is 5.56 Å². The molecule has 0 saturated carbocycles. The fraction of sp³-hybridized carbons (Fsp3) is 0.294. The second-order valence-corrected chi connectivity index (χ2v) is 4.83. The summed E-state index contributed by atoms with van der Waals surface area (Å²) in [7, 11) is 0. The maximum absolute atomic E-state index is 13.3. The third-order valence-corrected chi connectivity index (χ3v) is 3.15. The van der Waals surface area contributed by atoms with Gasteiger partial charge in [0.15, 0.2) is 11.6 Å². The van der Waals surface area contributed by atoms with Gasteiger partial charge in [-0.05, 0) is 26.0 Å². The number of carbonyl (C=O) groups excluding carboxylic acids is 1. The average molecular weight is 316 g/mol. The van der Waals surface area contributed by atoms with Crippen LogP contribution in [0.5, 0.6) is 5.75 Å². The molecule has 1 heterocycles. The summed E-state index contributed by atoms with van der Waals surface area (Å²) < 4.78 is 23.5. The van der Waals surface area contributed by atoms with E-state index in [9.17, 15) is 9.18 Å². The number of aryl methyl sites for hydroxylation is 2. The number of nitrogens with zero attached hydrogens (tertiary/aromatic N) is 1. The van der Waals surface area contributed by atoms with E-state index in [1.165, 1.54) is 12.1 Å². The zero-order valence-corrected chi connectivity index (χ0v) is 13.0. The van der Waals surface area contributed by atoms with Crippen LogP contribution in [-0.4, -0.2) is 24.2 Å². The molecule has 0 spiro atoms. The Hall–Kier alpha value is -2.81. The molecular weight excluding hydrogens is 299 g/mol. The van der Waals surface area contributed by atoms with Gasteiger partial charge in [-0.3, -0.25) is 4.79 Å². The Labute approximate surface area is 133 Å². The zero-order valence-electron chi connectivity index (χ0n) is 13.0. The molecule has 2 rings (SSSR count). The van der Waals surface area contributed by atoms with Crippen LogP contribution in [0.3, 0.4) is 0 Å². The van der Waals surface area contributed by atoms with Gasteiger partial charge in [-0.15, -0.1) is 0 Å². The van der Waals surface area contributed by atoms with E-state index >= 15 is 0 Å². The zero-order chi connectivity index (χ0) is 16.7. The molecule has 120 valence electrons. The van der Waals surface area contributed by atoms with E-state index in [-0.39, 0.29) is 31.2 Å². The molecule has 5 nitrogen and oxygen atoms in total. The lowest BCUT2D eigenvalue weighted by Gasteiger charge is -2.02. The number of benzene rings is 1. The first-order valence-electron chi connectivity index (χ1n) is 7.09. The van der Waals surface area contributed by atoms with Crippen molar-refractivity contribution in [1.82, 2.24) is 10.5 Å². The molecule has 1 aromatic carbocycles. The van der Waals surface area contributed by atoms with Crippen LogP contribution in [0.4, 0.5) is 4.39 Å². The molecule has 0 atom stereocenters. The first-order valence-corrected chi connectivity index (χ1v) is 7.09. The normalized spacial score (nSPS) is 9.87. The van der Waals surface area contributed by atoms with Crippen molar-refractivity contribution in [2.45, 2.75) is 20.3 Å². The minimum Gasteiger partial charge on any atom is -0.478 e. The van der Waals surface area contributed by atoms with Crippen LogP contribution < -0.4 is 10.1 Å². The Bertz CT molecular complexity index is 724. The number of para-hydroxylation sites is 1. The number of amides is 1. The number of nitrogens with one attached hydrogen (secondary N) is 1. The molecular formula is C17H17FN2O3. The second kappa shape index (κ2) is 7.99. The lowest BCUT2D eigenvalue weighted by atomic mass is 10.1. The van der Waals surface area contributed by atoms with E-state index in [1.54, 1.807) is 26.0 Å². The fourth-order valence-electron chi connectivity index (χ4n) is 1.91. The quantitative estimate of drug-likeness (QED) is 0.859. The van der Waals surface area contributed by atoms with Gasteiger partial charge in [-0.1, -0.05) is 29.1 Å². The predicted molar refractivity (Wildman–Crippen MR) is 82.4 cm³/mol. The minimum atomic E-state index is -0.429. The van der Waals surface area contributed by atoms with Crippen molar-refractivity contribution in [2.24, 2.45) is 0 Å². The molecule has 0 unspecified atom stereocenters. The minimum absolute atomic E-state index is 0.0562. The van der Waals surface area contributed by atoms with Gasteiger partial charge in [0.1, 0.15) is 12.4 Å². The van der Waals surface area contributed by atoms with Crippen molar-refractivity contribution < 1.29 is 18.4 Å². The number of hydrogen-bond donors (Lipinski definition) is 1. The number of halogens is 1. The summed E-state index contributed by atoms with van der Waals surface area (Å²) in [6.07, 6.45) is 0.203. The van der Waals surface area contributed by atoms with Crippen molar-refractivity contribution in [2.75, 3.05) is 13.2 Å². The van der Waals surface area contributed by atoms with Crippen molar-refractivity contribution in [3.05, 3.63) is 47.1 Å². The number of hydrogen-bond acceptors (Lipinski definition) is 4. The smallest absolute Gasteiger partial charge is 0.225 e. The topological polar surface area (TPSA) is 64.4 Å². The fourth-order valence-corrected chi connectivity index (χ4v) is 1.91. The number of carbonyl (C=O) groups is 1. The summed E-state index contributed by atoms with van der Waals surface area (Å²) in [6, 6.07) is 6.11. The first-order chi connectivity index (χ1) is 11.1. The Morgan fingerprint density at radius 3 is 2.83 bits per heavy atom. The third kappa shape index (κ3) is 4.85. The van der Waals surface area contributed by atoms with Gasteiger partial charge >= 0.3 is 0 Å². The lowest BCUT2D eigenvalue weighted by molar-refractivity contribution is -0.120. The van der Waals surface area contributed by atoms with E-state index in [2.05, 4.69) is 22.3 Å². The van der Waals surface area contributed by atoms with Crippen LogP contribution in [0, 0.1) is 31.5 Å². The lowest BCUT2D eigenvalue weighted by Crippen LogP contribution is -2.25. The summed E-state index contributed by atoms with van der Waals surface area (Å²) in [4.78, 5) is 11.8. The Morgan fingerprint density at radius 2 is 2.13 bits per heavy atom. The molecule has 1 amide bonds. The maximum Gasteiger partial charge on any atom is 0.225 e. The Balaban J connectivity index is 1.71. The van der Waals surface area contributed by atoms with Gasteiger partial charge in [0.25, 0.3) is 0 Å².